The number of halogens is 3. The third kappa shape index (κ3) is 4.61. The number of rotatable bonds is 4. The van der Waals surface area contributed by atoms with Crippen LogP contribution in [0.15, 0.2) is 24.3 Å². The van der Waals surface area contributed by atoms with Crippen molar-refractivity contribution in [1.29, 1.82) is 0 Å². The number of fused-ring (bicyclic) bond motifs is 1. The molecule has 23 heavy (non-hydrogen) atoms. The minimum absolute atomic E-state index is 0.143. The summed E-state index contributed by atoms with van der Waals surface area (Å²) < 4.78 is 42.1. The van der Waals surface area contributed by atoms with Gasteiger partial charge in [-0.05, 0) is 12.1 Å². The summed E-state index contributed by atoms with van der Waals surface area (Å²) in [5, 5.41) is 0. The number of para-hydroxylation sites is 2. The van der Waals surface area contributed by atoms with E-state index in [9.17, 15) is 22.8 Å². The van der Waals surface area contributed by atoms with Crippen LogP contribution in [0, 0.1) is 0 Å². The van der Waals surface area contributed by atoms with Crippen LogP contribution in [-0.2, 0) is 9.59 Å². The van der Waals surface area contributed by atoms with E-state index >= 15 is 0 Å². The van der Waals surface area contributed by atoms with E-state index in [0.29, 0.717) is 29.5 Å². The van der Waals surface area contributed by atoms with E-state index < -0.39 is 18.6 Å². The second-order valence-electron chi connectivity index (χ2n) is 5.23. The highest BCUT2D eigenvalue weighted by molar-refractivity contribution is 5.97. The molecule has 1 aliphatic heterocycles. The summed E-state index contributed by atoms with van der Waals surface area (Å²) in [4.78, 5) is 26.0. The molecule has 0 aliphatic carbocycles. The van der Waals surface area contributed by atoms with Gasteiger partial charge < -0.3 is 14.5 Å². The summed E-state index contributed by atoms with van der Waals surface area (Å²) >= 11 is 0. The Bertz CT molecular complexity index is 590. The van der Waals surface area contributed by atoms with E-state index in [4.69, 9.17) is 4.74 Å². The fourth-order valence-electron chi connectivity index (χ4n) is 2.33. The summed E-state index contributed by atoms with van der Waals surface area (Å²) in [5.41, 5.74) is 0.611. The SMILES string of the molecule is CN(CC(F)(F)F)C(=O)CCC(=O)N1CCOc2ccccc21. The summed E-state index contributed by atoms with van der Waals surface area (Å²) in [7, 11) is 1.07. The molecule has 1 aliphatic rings. The van der Waals surface area contributed by atoms with Crippen molar-refractivity contribution < 1.29 is 27.5 Å². The van der Waals surface area contributed by atoms with Gasteiger partial charge in [0, 0.05) is 19.9 Å². The molecule has 0 fully saturated rings. The highest BCUT2D eigenvalue weighted by atomic mass is 19.4. The lowest BCUT2D eigenvalue weighted by molar-refractivity contribution is -0.158. The molecule has 5 nitrogen and oxygen atoms in total. The first-order valence-electron chi connectivity index (χ1n) is 7.11. The molecule has 2 amide bonds. The topological polar surface area (TPSA) is 49.9 Å². The lowest BCUT2D eigenvalue weighted by Gasteiger charge is -2.29. The van der Waals surface area contributed by atoms with E-state index in [2.05, 4.69) is 0 Å². The number of ether oxygens (including phenoxy) is 1. The minimum atomic E-state index is -4.45. The van der Waals surface area contributed by atoms with Crippen molar-refractivity contribution in [3.8, 4) is 5.75 Å². The molecule has 1 heterocycles. The number of anilines is 1. The zero-order valence-electron chi connectivity index (χ0n) is 12.6. The number of carbonyl (C=O) groups is 2. The second kappa shape index (κ2) is 6.89. The van der Waals surface area contributed by atoms with Crippen molar-refractivity contribution in [2.24, 2.45) is 0 Å². The normalized spacial score (nSPS) is 14.0. The molecule has 0 radical (unpaired) electrons. The number of alkyl halides is 3. The van der Waals surface area contributed by atoms with Crippen LogP contribution in [-0.4, -0.2) is 49.6 Å². The van der Waals surface area contributed by atoms with Crippen molar-refractivity contribution in [3.63, 3.8) is 0 Å². The van der Waals surface area contributed by atoms with Gasteiger partial charge in [-0.3, -0.25) is 9.59 Å². The van der Waals surface area contributed by atoms with Gasteiger partial charge in [0.2, 0.25) is 11.8 Å². The first kappa shape index (κ1) is 17.1. The van der Waals surface area contributed by atoms with Crippen LogP contribution in [0.1, 0.15) is 12.8 Å². The molecule has 0 N–H and O–H groups in total. The zero-order valence-corrected chi connectivity index (χ0v) is 12.6. The number of hydrogen-bond acceptors (Lipinski definition) is 3. The van der Waals surface area contributed by atoms with Crippen LogP contribution in [0.25, 0.3) is 0 Å². The van der Waals surface area contributed by atoms with Crippen molar-refractivity contribution in [2.45, 2.75) is 19.0 Å². The molecule has 0 unspecified atom stereocenters. The second-order valence-corrected chi connectivity index (χ2v) is 5.23. The fraction of sp³-hybridized carbons (Fsp3) is 0.467. The van der Waals surface area contributed by atoms with E-state index in [1.165, 1.54) is 4.90 Å². The molecule has 0 bridgehead atoms. The average molecular weight is 330 g/mol. The molecule has 0 aromatic heterocycles. The van der Waals surface area contributed by atoms with Gasteiger partial charge in [0.05, 0.1) is 12.2 Å². The smallest absolute Gasteiger partial charge is 0.406 e. The molecule has 0 atom stereocenters. The highest BCUT2D eigenvalue weighted by Gasteiger charge is 2.31. The van der Waals surface area contributed by atoms with E-state index in [1.807, 2.05) is 0 Å². The number of nitrogens with zero attached hydrogens (tertiary/aromatic N) is 2. The van der Waals surface area contributed by atoms with Gasteiger partial charge in [-0.25, -0.2) is 0 Å². The van der Waals surface area contributed by atoms with Crippen LogP contribution >= 0.6 is 0 Å². The molecular formula is C15H17F3N2O3. The summed E-state index contributed by atoms with van der Waals surface area (Å²) in [6.45, 7) is -0.631. The highest BCUT2D eigenvalue weighted by Crippen LogP contribution is 2.31. The van der Waals surface area contributed by atoms with Crippen LogP contribution in [0.3, 0.4) is 0 Å². The molecule has 1 aromatic carbocycles. The zero-order chi connectivity index (χ0) is 17.0. The van der Waals surface area contributed by atoms with Gasteiger partial charge in [0.25, 0.3) is 0 Å². The van der Waals surface area contributed by atoms with Gasteiger partial charge >= 0.3 is 6.18 Å². The standard InChI is InChI=1S/C15H17F3N2O3/c1-19(10-15(16,17)18)13(21)6-7-14(22)20-8-9-23-12-5-3-2-4-11(12)20/h2-5H,6-10H2,1H3. The van der Waals surface area contributed by atoms with Crippen LogP contribution in [0.5, 0.6) is 5.75 Å². The average Bonchev–Trinajstić information content (AvgIpc) is 2.50. The number of amides is 2. The van der Waals surface area contributed by atoms with Gasteiger partial charge in [-0.15, -0.1) is 0 Å². The molecule has 2 rings (SSSR count). The van der Waals surface area contributed by atoms with E-state index in [0.717, 1.165) is 7.05 Å². The maximum atomic E-state index is 12.3. The van der Waals surface area contributed by atoms with Crippen LogP contribution in [0.2, 0.25) is 0 Å². The molecule has 1 aromatic rings. The molecule has 0 saturated heterocycles. The first-order valence-corrected chi connectivity index (χ1v) is 7.11. The first-order chi connectivity index (χ1) is 10.8. The lowest BCUT2D eigenvalue weighted by Crippen LogP contribution is -2.39. The Morgan fingerprint density at radius 1 is 1.26 bits per heavy atom. The van der Waals surface area contributed by atoms with Crippen molar-refractivity contribution >= 4 is 17.5 Å². The molecule has 0 spiro atoms. The number of carbonyl (C=O) groups excluding carboxylic acids is 2. The Balaban J connectivity index is 1.92. The van der Waals surface area contributed by atoms with E-state index in [-0.39, 0.29) is 18.7 Å². The number of hydrogen-bond donors (Lipinski definition) is 0. The third-order valence-corrected chi connectivity index (χ3v) is 3.42. The monoisotopic (exact) mass is 330 g/mol. The Morgan fingerprint density at radius 2 is 1.96 bits per heavy atom. The fourth-order valence-corrected chi connectivity index (χ4v) is 2.33. The maximum Gasteiger partial charge on any atom is 0.406 e. The molecule has 0 saturated carbocycles. The minimum Gasteiger partial charge on any atom is -0.490 e. The van der Waals surface area contributed by atoms with Crippen molar-refractivity contribution in [3.05, 3.63) is 24.3 Å². The van der Waals surface area contributed by atoms with Gasteiger partial charge in [-0.1, -0.05) is 12.1 Å². The van der Waals surface area contributed by atoms with Gasteiger partial charge in [0.1, 0.15) is 18.9 Å². The Hall–Kier alpha value is -2.25. The predicted molar refractivity (Wildman–Crippen MR) is 77.2 cm³/mol. The number of benzene rings is 1. The van der Waals surface area contributed by atoms with Crippen LogP contribution in [0.4, 0.5) is 18.9 Å². The largest absolute Gasteiger partial charge is 0.490 e. The quantitative estimate of drug-likeness (QED) is 0.850. The van der Waals surface area contributed by atoms with E-state index in [1.54, 1.807) is 24.3 Å². The Kier molecular flexibility index (Phi) is 5.12. The Labute approximate surface area is 131 Å². The Morgan fingerprint density at radius 3 is 2.65 bits per heavy atom. The predicted octanol–water partition coefficient (Wildman–Crippen LogP) is 2.21. The summed E-state index contributed by atoms with van der Waals surface area (Å²) in [6, 6.07) is 7.00. The molecular weight excluding hydrogens is 313 g/mol. The lowest BCUT2D eigenvalue weighted by atomic mass is 10.2. The molecule has 8 heteroatoms. The van der Waals surface area contributed by atoms with Gasteiger partial charge in [-0.2, -0.15) is 13.2 Å². The summed E-state index contributed by atoms with van der Waals surface area (Å²) in [6.07, 6.45) is -4.85. The van der Waals surface area contributed by atoms with Crippen molar-refractivity contribution in [1.82, 2.24) is 4.90 Å². The van der Waals surface area contributed by atoms with Gasteiger partial charge in [0.15, 0.2) is 0 Å². The van der Waals surface area contributed by atoms with Crippen molar-refractivity contribution in [2.75, 3.05) is 31.6 Å². The third-order valence-electron chi connectivity index (χ3n) is 3.42. The summed E-state index contributed by atoms with van der Waals surface area (Å²) in [5.74, 6) is -0.445. The molecule has 126 valence electrons. The van der Waals surface area contributed by atoms with Crippen LogP contribution < -0.4 is 9.64 Å². The maximum absolute atomic E-state index is 12.3.